The van der Waals surface area contributed by atoms with Crippen LogP contribution >= 0.6 is 0 Å². The first-order valence-electron chi connectivity index (χ1n) is 10.6. The first-order chi connectivity index (χ1) is 15.3. The number of fused-ring (bicyclic) bond motifs is 1. The Morgan fingerprint density at radius 3 is 2.53 bits per heavy atom. The number of benzene rings is 2. The number of aryl methyl sites for hydroxylation is 1. The summed E-state index contributed by atoms with van der Waals surface area (Å²) in [6.45, 7) is 5.10. The van der Waals surface area contributed by atoms with Crippen LogP contribution in [0.1, 0.15) is 23.6 Å². The highest BCUT2D eigenvalue weighted by atomic mass is 32.2. The molecule has 2 heterocycles. The van der Waals surface area contributed by atoms with E-state index in [9.17, 15) is 18.0 Å². The number of sulfonamides is 1. The summed E-state index contributed by atoms with van der Waals surface area (Å²) in [5.74, 6) is -0.527. The lowest BCUT2D eigenvalue weighted by Crippen LogP contribution is -2.47. The number of nitrogens with zero attached hydrogens (tertiary/aromatic N) is 2. The van der Waals surface area contributed by atoms with Crippen molar-refractivity contribution >= 4 is 27.5 Å². The maximum atomic E-state index is 13.0. The van der Waals surface area contributed by atoms with Crippen molar-refractivity contribution in [3.8, 4) is 0 Å². The van der Waals surface area contributed by atoms with Gasteiger partial charge in [-0.15, -0.1) is 0 Å². The highest BCUT2D eigenvalue weighted by molar-refractivity contribution is 7.89. The second kappa shape index (κ2) is 9.01. The molecule has 0 spiro atoms. The number of carbonyl (C=O) groups excluding carboxylic acids is 2. The van der Waals surface area contributed by atoms with Gasteiger partial charge < -0.3 is 10.1 Å². The number of ether oxygens (including phenoxy) is 1. The Hall–Kier alpha value is -2.75. The van der Waals surface area contributed by atoms with Crippen LogP contribution in [0.4, 0.5) is 5.69 Å². The molecule has 32 heavy (non-hydrogen) atoms. The number of carbonyl (C=O) groups is 2. The lowest BCUT2D eigenvalue weighted by molar-refractivity contribution is -0.125. The summed E-state index contributed by atoms with van der Waals surface area (Å²) in [5, 5.41) is 2.92. The second-order valence-electron chi connectivity index (χ2n) is 8.06. The molecule has 1 atom stereocenters. The number of morpholine rings is 1. The SMILES string of the molecule is CC(=O)N1c2ccc(S(=O)(=O)N3CCOCC3)cc2C[C@@H]1C(=O)NCc1ccccc1C. The average molecular weight is 458 g/mol. The third-order valence-corrected chi connectivity index (χ3v) is 7.89. The van der Waals surface area contributed by atoms with Crippen LogP contribution in [0.25, 0.3) is 0 Å². The Balaban J connectivity index is 1.55. The number of rotatable bonds is 5. The van der Waals surface area contributed by atoms with Crippen molar-refractivity contribution in [1.82, 2.24) is 9.62 Å². The van der Waals surface area contributed by atoms with Gasteiger partial charge in [-0.25, -0.2) is 8.42 Å². The third kappa shape index (κ3) is 4.28. The zero-order chi connectivity index (χ0) is 22.9. The van der Waals surface area contributed by atoms with E-state index in [2.05, 4.69) is 5.32 Å². The summed E-state index contributed by atoms with van der Waals surface area (Å²) in [7, 11) is -3.66. The van der Waals surface area contributed by atoms with E-state index in [1.165, 1.54) is 22.2 Å². The third-order valence-electron chi connectivity index (χ3n) is 6.00. The van der Waals surface area contributed by atoms with Crippen LogP contribution in [-0.4, -0.2) is 56.9 Å². The van der Waals surface area contributed by atoms with E-state index in [4.69, 9.17) is 4.74 Å². The van der Waals surface area contributed by atoms with E-state index < -0.39 is 16.1 Å². The fraction of sp³-hybridized carbons (Fsp3) is 0.391. The van der Waals surface area contributed by atoms with E-state index in [-0.39, 0.29) is 23.1 Å². The predicted octanol–water partition coefficient (Wildman–Crippen LogP) is 1.61. The van der Waals surface area contributed by atoms with Gasteiger partial charge in [-0.1, -0.05) is 24.3 Å². The van der Waals surface area contributed by atoms with E-state index in [0.29, 0.717) is 44.1 Å². The molecule has 2 amide bonds. The van der Waals surface area contributed by atoms with Gasteiger partial charge in [0.2, 0.25) is 21.8 Å². The molecule has 4 rings (SSSR count). The lowest BCUT2D eigenvalue weighted by atomic mass is 10.1. The quantitative estimate of drug-likeness (QED) is 0.736. The van der Waals surface area contributed by atoms with Crippen LogP contribution in [0.5, 0.6) is 0 Å². The van der Waals surface area contributed by atoms with E-state index in [1.807, 2.05) is 31.2 Å². The second-order valence-corrected chi connectivity index (χ2v) is 10.00. The van der Waals surface area contributed by atoms with Crippen molar-refractivity contribution in [2.24, 2.45) is 0 Å². The van der Waals surface area contributed by atoms with Crippen LogP contribution in [-0.2, 0) is 37.3 Å². The van der Waals surface area contributed by atoms with E-state index >= 15 is 0 Å². The van der Waals surface area contributed by atoms with Crippen LogP contribution in [0.15, 0.2) is 47.4 Å². The van der Waals surface area contributed by atoms with Crippen molar-refractivity contribution in [2.45, 2.75) is 37.8 Å². The Bertz CT molecular complexity index is 1140. The smallest absolute Gasteiger partial charge is 0.243 e. The molecule has 2 aliphatic heterocycles. The number of anilines is 1. The molecule has 9 heteroatoms. The minimum absolute atomic E-state index is 0.169. The van der Waals surface area contributed by atoms with Gasteiger partial charge in [0.1, 0.15) is 6.04 Å². The molecule has 170 valence electrons. The van der Waals surface area contributed by atoms with Crippen LogP contribution < -0.4 is 10.2 Å². The fourth-order valence-corrected chi connectivity index (χ4v) is 5.69. The van der Waals surface area contributed by atoms with Crippen molar-refractivity contribution in [3.63, 3.8) is 0 Å². The first-order valence-corrected chi connectivity index (χ1v) is 12.1. The highest BCUT2D eigenvalue weighted by Gasteiger charge is 2.38. The van der Waals surface area contributed by atoms with Crippen LogP contribution in [0.2, 0.25) is 0 Å². The molecule has 1 saturated heterocycles. The summed E-state index contributed by atoms with van der Waals surface area (Å²) in [6.07, 6.45) is 0.265. The molecule has 0 aliphatic carbocycles. The van der Waals surface area contributed by atoms with Gasteiger partial charge in [-0.05, 0) is 41.8 Å². The molecule has 2 aromatic carbocycles. The number of hydrogen-bond donors (Lipinski definition) is 1. The molecule has 1 fully saturated rings. The topological polar surface area (TPSA) is 96.0 Å². The highest BCUT2D eigenvalue weighted by Crippen LogP contribution is 2.35. The number of nitrogens with one attached hydrogen (secondary N) is 1. The monoisotopic (exact) mass is 457 g/mol. The molecule has 8 nitrogen and oxygen atoms in total. The Labute approximate surface area is 188 Å². The maximum Gasteiger partial charge on any atom is 0.243 e. The fourth-order valence-electron chi connectivity index (χ4n) is 4.23. The standard InChI is InChI=1S/C23H27N3O5S/c1-16-5-3-4-6-18(16)15-24-23(28)22-14-19-13-20(7-8-21(19)26(22)17(2)27)32(29,30)25-9-11-31-12-10-25/h3-8,13,22H,9-12,14-15H2,1-2H3,(H,24,28)/t22-/m1/s1. The largest absolute Gasteiger partial charge is 0.379 e. The minimum Gasteiger partial charge on any atom is -0.379 e. The Kier molecular flexibility index (Phi) is 6.32. The first kappa shape index (κ1) is 22.4. The maximum absolute atomic E-state index is 13.0. The summed E-state index contributed by atoms with van der Waals surface area (Å²) in [6, 6.07) is 11.8. The molecule has 0 saturated carbocycles. The van der Waals surface area contributed by atoms with Gasteiger partial charge in [0.25, 0.3) is 0 Å². The van der Waals surface area contributed by atoms with Crippen molar-refractivity contribution < 1.29 is 22.7 Å². The van der Waals surface area contributed by atoms with Gasteiger partial charge in [-0.3, -0.25) is 14.5 Å². The zero-order valence-electron chi connectivity index (χ0n) is 18.2. The molecule has 0 bridgehead atoms. The van der Waals surface area contributed by atoms with Crippen molar-refractivity contribution in [2.75, 3.05) is 31.2 Å². The average Bonchev–Trinajstić information content (AvgIpc) is 3.18. The summed E-state index contributed by atoms with van der Waals surface area (Å²) >= 11 is 0. The van der Waals surface area contributed by atoms with E-state index in [1.54, 1.807) is 12.1 Å². The summed E-state index contributed by atoms with van der Waals surface area (Å²) in [5.41, 5.74) is 3.33. The zero-order valence-corrected chi connectivity index (χ0v) is 19.0. The van der Waals surface area contributed by atoms with Gasteiger partial charge in [0.15, 0.2) is 0 Å². The summed E-state index contributed by atoms with van der Waals surface area (Å²) in [4.78, 5) is 27.0. The van der Waals surface area contributed by atoms with Crippen LogP contribution in [0, 0.1) is 6.92 Å². The Morgan fingerprint density at radius 2 is 1.84 bits per heavy atom. The molecule has 2 aliphatic rings. The van der Waals surface area contributed by atoms with Gasteiger partial charge in [0.05, 0.1) is 18.1 Å². The van der Waals surface area contributed by atoms with Gasteiger partial charge in [0, 0.05) is 38.7 Å². The van der Waals surface area contributed by atoms with Crippen LogP contribution in [0.3, 0.4) is 0 Å². The molecule has 0 unspecified atom stereocenters. The Morgan fingerprint density at radius 1 is 1.12 bits per heavy atom. The molecule has 2 aromatic rings. The van der Waals surface area contributed by atoms with Gasteiger partial charge >= 0.3 is 0 Å². The molecule has 1 N–H and O–H groups in total. The minimum atomic E-state index is -3.66. The molecule has 0 aromatic heterocycles. The molecular weight excluding hydrogens is 430 g/mol. The van der Waals surface area contributed by atoms with Gasteiger partial charge in [-0.2, -0.15) is 4.31 Å². The predicted molar refractivity (Wildman–Crippen MR) is 120 cm³/mol. The number of hydrogen-bond acceptors (Lipinski definition) is 5. The molecular formula is C23H27N3O5S. The molecule has 0 radical (unpaired) electrons. The van der Waals surface area contributed by atoms with Crippen molar-refractivity contribution in [3.05, 3.63) is 59.2 Å². The van der Waals surface area contributed by atoms with E-state index in [0.717, 1.165) is 11.1 Å². The number of amides is 2. The summed E-state index contributed by atoms with van der Waals surface area (Å²) < 4.78 is 32.7. The normalized spacial score (nSPS) is 18.9. The lowest BCUT2D eigenvalue weighted by Gasteiger charge is -2.26. The van der Waals surface area contributed by atoms with Crippen molar-refractivity contribution in [1.29, 1.82) is 0 Å².